The lowest BCUT2D eigenvalue weighted by Crippen LogP contribution is -2.29. The molecule has 1 atom stereocenters. The van der Waals surface area contributed by atoms with Crippen molar-refractivity contribution in [2.75, 3.05) is 0 Å². The molecule has 0 bridgehead atoms. The van der Waals surface area contributed by atoms with Gasteiger partial charge in [0.25, 0.3) is 0 Å². The minimum absolute atomic E-state index is 0.282. The Bertz CT molecular complexity index is 479. The van der Waals surface area contributed by atoms with Gasteiger partial charge >= 0.3 is 0 Å². The summed E-state index contributed by atoms with van der Waals surface area (Å²) in [6.45, 7) is 2.78. The van der Waals surface area contributed by atoms with E-state index in [-0.39, 0.29) is 11.9 Å². The maximum Gasteiger partial charge on any atom is 0.141 e. The number of pyridine rings is 1. The van der Waals surface area contributed by atoms with Crippen LogP contribution in [0.25, 0.3) is 0 Å². The predicted molar refractivity (Wildman–Crippen MR) is 61.3 cm³/mol. The van der Waals surface area contributed by atoms with Crippen molar-refractivity contribution in [2.24, 2.45) is 5.84 Å². The van der Waals surface area contributed by atoms with Crippen molar-refractivity contribution in [3.8, 4) is 0 Å². The average molecular weight is 235 g/mol. The Hall–Kier alpha value is -1.79. The topological polar surface area (TPSA) is 68.8 Å². The SMILES string of the molecule is CCn1cc(C(NN)c2ccc(F)cn2)cn1. The zero-order chi connectivity index (χ0) is 12.3. The van der Waals surface area contributed by atoms with Gasteiger partial charge in [0.15, 0.2) is 0 Å². The molecule has 6 heteroatoms. The van der Waals surface area contributed by atoms with Crippen LogP contribution in [0.15, 0.2) is 30.7 Å². The van der Waals surface area contributed by atoms with Crippen LogP contribution in [0.1, 0.15) is 24.2 Å². The van der Waals surface area contributed by atoms with E-state index in [0.29, 0.717) is 5.69 Å². The van der Waals surface area contributed by atoms with E-state index in [1.165, 1.54) is 12.3 Å². The number of hydrogen-bond donors (Lipinski definition) is 2. The number of nitrogens with zero attached hydrogens (tertiary/aromatic N) is 3. The quantitative estimate of drug-likeness (QED) is 0.612. The highest BCUT2D eigenvalue weighted by atomic mass is 19.1. The zero-order valence-corrected chi connectivity index (χ0v) is 9.47. The Balaban J connectivity index is 2.29. The van der Waals surface area contributed by atoms with Gasteiger partial charge < -0.3 is 0 Å². The number of hydrogen-bond acceptors (Lipinski definition) is 4. The van der Waals surface area contributed by atoms with E-state index < -0.39 is 0 Å². The second-order valence-electron chi connectivity index (χ2n) is 3.63. The van der Waals surface area contributed by atoms with E-state index in [4.69, 9.17) is 5.84 Å². The average Bonchev–Trinajstić information content (AvgIpc) is 2.81. The van der Waals surface area contributed by atoms with Crippen LogP contribution in [-0.2, 0) is 6.54 Å². The second kappa shape index (κ2) is 5.03. The lowest BCUT2D eigenvalue weighted by Gasteiger charge is -2.13. The largest absolute Gasteiger partial charge is 0.273 e. The van der Waals surface area contributed by atoms with Crippen LogP contribution in [0, 0.1) is 5.82 Å². The lowest BCUT2D eigenvalue weighted by atomic mass is 10.1. The number of aromatic nitrogens is 3. The first-order chi connectivity index (χ1) is 8.24. The van der Waals surface area contributed by atoms with E-state index in [1.807, 2.05) is 13.1 Å². The van der Waals surface area contributed by atoms with Crippen molar-refractivity contribution in [2.45, 2.75) is 19.5 Å². The summed E-state index contributed by atoms with van der Waals surface area (Å²) in [4.78, 5) is 4.01. The first-order valence-corrected chi connectivity index (χ1v) is 5.34. The third-order valence-electron chi connectivity index (χ3n) is 2.52. The molecule has 0 aliphatic carbocycles. The van der Waals surface area contributed by atoms with Crippen molar-refractivity contribution in [3.05, 3.63) is 47.8 Å². The second-order valence-corrected chi connectivity index (χ2v) is 3.63. The minimum atomic E-state index is -0.367. The summed E-state index contributed by atoms with van der Waals surface area (Å²) in [5.74, 6) is 5.14. The van der Waals surface area contributed by atoms with Crippen molar-refractivity contribution >= 4 is 0 Å². The molecule has 0 aromatic carbocycles. The Morgan fingerprint density at radius 1 is 1.47 bits per heavy atom. The van der Waals surface area contributed by atoms with Crippen molar-refractivity contribution in [1.29, 1.82) is 0 Å². The van der Waals surface area contributed by atoms with E-state index in [1.54, 1.807) is 16.9 Å². The molecule has 2 aromatic heterocycles. The summed E-state index contributed by atoms with van der Waals surface area (Å²) < 4.78 is 14.6. The minimum Gasteiger partial charge on any atom is -0.273 e. The van der Waals surface area contributed by atoms with Gasteiger partial charge in [-0.15, -0.1) is 0 Å². The molecule has 0 amide bonds. The van der Waals surface area contributed by atoms with Gasteiger partial charge in [-0.3, -0.25) is 15.5 Å². The van der Waals surface area contributed by atoms with Gasteiger partial charge in [-0.1, -0.05) is 0 Å². The van der Waals surface area contributed by atoms with Gasteiger partial charge in [-0.25, -0.2) is 9.82 Å². The number of nitrogens with one attached hydrogen (secondary N) is 1. The molecule has 3 N–H and O–H groups in total. The molecule has 0 fully saturated rings. The first kappa shape index (κ1) is 11.7. The third kappa shape index (κ3) is 2.48. The third-order valence-corrected chi connectivity index (χ3v) is 2.52. The van der Waals surface area contributed by atoms with E-state index in [9.17, 15) is 4.39 Å². The molecular formula is C11H14FN5. The molecule has 90 valence electrons. The van der Waals surface area contributed by atoms with Crippen LogP contribution in [0.2, 0.25) is 0 Å². The summed E-state index contributed by atoms with van der Waals surface area (Å²) in [5.41, 5.74) is 4.21. The maximum atomic E-state index is 12.8. The van der Waals surface area contributed by atoms with E-state index in [2.05, 4.69) is 15.5 Å². The van der Waals surface area contributed by atoms with Crippen LogP contribution in [-0.4, -0.2) is 14.8 Å². The lowest BCUT2D eigenvalue weighted by molar-refractivity contribution is 0.595. The fourth-order valence-electron chi connectivity index (χ4n) is 1.61. The molecule has 1 unspecified atom stereocenters. The highest BCUT2D eigenvalue weighted by Gasteiger charge is 2.15. The predicted octanol–water partition coefficient (Wildman–Crippen LogP) is 0.990. The number of nitrogens with two attached hydrogens (primary N) is 1. The van der Waals surface area contributed by atoms with Gasteiger partial charge in [0, 0.05) is 18.3 Å². The number of halogens is 1. The van der Waals surface area contributed by atoms with E-state index >= 15 is 0 Å². The van der Waals surface area contributed by atoms with Crippen molar-refractivity contribution in [1.82, 2.24) is 20.2 Å². The van der Waals surface area contributed by atoms with Gasteiger partial charge in [-0.05, 0) is 19.1 Å². The fourth-order valence-corrected chi connectivity index (χ4v) is 1.61. The fraction of sp³-hybridized carbons (Fsp3) is 0.273. The summed E-state index contributed by atoms with van der Waals surface area (Å²) in [6.07, 6.45) is 4.78. The molecule has 2 aromatic rings. The number of rotatable bonds is 4. The Kier molecular flexibility index (Phi) is 3.46. The zero-order valence-electron chi connectivity index (χ0n) is 9.47. The first-order valence-electron chi connectivity index (χ1n) is 5.34. The highest BCUT2D eigenvalue weighted by molar-refractivity contribution is 5.23. The van der Waals surface area contributed by atoms with Gasteiger partial charge in [-0.2, -0.15) is 5.10 Å². The van der Waals surface area contributed by atoms with Crippen molar-refractivity contribution < 1.29 is 4.39 Å². The van der Waals surface area contributed by atoms with Crippen LogP contribution >= 0.6 is 0 Å². The Morgan fingerprint density at radius 2 is 2.29 bits per heavy atom. The highest BCUT2D eigenvalue weighted by Crippen LogP contribution is 2.18. The van der Waals surface area contributed by atoms with Crippen LogP contribution < -0.4 is 11.3 Å². The molecule has 0 saturated heterocycles. The van der Waals surface area contributed by atoms with Crippen molar-refractivity contribution in [3.63, 3.8) is 0 Å². The van der Waals surface area contributed by atoms with Gasteiger partial charge in [0.05, 0.1) is 24.1 Å². The summed E-state index contributed by atoms with van der Waals surface area (Å²) in [5, 5.41) is 4.17. The summed E-state index contributed by atoms with van der Waals surface area (Å²) in [6, 6.07) is 2.68. The van der Waals surface area contributed by atoms with Crippen LogP contribution in [0.5, 0.6) is 0 Å². The number of hydrazine groups is 1. The molecule has 0 aliphatic rings. The number of aryl methyl sites for hydroxylation is 1. The Morgan fingerprint density at radius 3 is 2.82 bits per heavy atom. The molecule has 0 aliphatic heterocycles. The van der Waals surface area contributed by atoms with Gasteiger partial charge in [0.1, 0.15) is 5.82 Å². The van der Waals surface area contributed by atoms with Crippen LogP contribution in [0.4, 0.5) is 4.39 Å². The van der Waals surface area contributed by atoms with Gasteiger partial charge in [0.2, 0.25) is 0 Å². The molecular weight excluding hydrogens is 221 g/mol. The molecule has 0 saturated carbocycles. The molecule has 0 radical (unpaired) electrons. The van der Waals surface area contributed by atoms with E-state index in [0.717, 1.165) is 12.1 Å². The summed E-state index contributed by atoms with van der Waals surface area (Å²) >= 11 is 0. The normalized spacial score (nSPS) is 12.6. The molecule has 17 heavy (non-hydrogen) atoms. The Labute approximate surface area is 98.4 Å². The smallest absolute Gasteiger partial charge is 0.141 e. The molecule has 5 nitrogen and oxygen atoms in total. The molecule has 2 heterocycles. The summed E-state index contributed by atoms with van der Waals surface area (Å²) in [7, 11) is 0. The maximum absolute atomic E-state index is 12.8. The molecule has 0 spiro atoms. The van der Waals surface area contributed by atoms with Crippen LogP contribution in [0.3, 0.4) is 0 Å². The standard InChI is InChI=1S/C11H14FN5/c1-2-17-7-8(5-15-17)11(16-13)10-4-3-9(12)6-14-10/h3-7,11,16H,2,13H2,1H3. The molecule has 2 rings (SSSR count). The monoisotopic (exact) mass is 235 g/mol.